The van der Waals surface area contributed by atoms with Crippen molar-refractivity contribution in [1.82, 2.24) is 0 Å². The van der Waals surface area contributed by atoms with Crippen molar-refractivity contribution >= 4 is 40.0 Å². The summed E-state index contributed by atoms with van der Waals surface area (Å²) in [5.41, 5.74) is -3.20. The number of aliphatic carboxylic acids is 4. The third-order valence-corrected chi connectivity index (χ3v) is 3.62. The standard InChI is InChI=1S/C10H12O13S.2Na.2H/c11-5(12)1-4(24(20,21)22)8(17)23-10(9(18)19,2-6(13)14)3-7(15)16;;;;/h4H,1-3H2,(H,11,12)(H,13,14)(H,15,16)(H,18,19)(H,20,21,22);;;;/q;2*+1;2*-1. The first-order valence-corrected chi connectivity index (χ1v) is 7.29. The van der Waals surface area contributed by atoms with Crippen molar-refractivity contribution in [3.63, 3.8) is 0 Å². The first-order valence-electron chi connectivity index (χ1n) is 5.79. The largest absolute Gasteiger partial charge is 1.00 e. The summed E-state index contributed by atoms with van der Waals surface area (Å²) in [7, 11) is -5.36. The summed E-state index contributed by atoms with van der Waals surface area (Å²) in [5, 5.41) is 32.1. The number of hydrogen-bond acceptors (Lipinski definition) is 8. The second kappa shape index (κ2) is 11.9. The van der Waals surface area contributed by atoms with Gasteiger partial charge in [0.05, 0.1) is 19.3 Å². The van der Waals surface area contributed by atoms with Crippen LogP contribution in [0.25, 0.3) is 0 Å². The summed E-state index contributed by atoms with van der Waals surface area (Å²) in [6, 6.07) is 0. The van der Waals surface area contributed by atoms with Gasteiger partial charge in [0.1, 0.15) is 0 Å². The van der Waals surface area contributed by atoms with Crippen LogP contribution in [0.1, 0.15) is 22.1 Å². The molecule has 0 saturated heterocycles. The molecule has 0 amide bonds. The van der Waals surface area contributed by atoms with Crippen LogP contribution in [0, 0.1) is 0 Å². The smallest absolute Gasteiger partial charge is 1.00 e. The third kappa shape index (κ3) is 9.82. The Bertz CT molecular complexity index is 665. The zero-order valence-corrected chi connectivity index (χ0v) is 18.4. The molecule has 0 aliphatic heterocycles. The van der Waals surface area contributed by atoms with E-state index in [0.29, 0.717) is 0 Å². The molecule has 16 heteroatoms. The van der Waals surface area contributed by atoms with Gasteiger partial charge in [-0.05, 0) is 0 Å². The van der Waals surface area contributed by atoms with E-state index < -0.39 is 70.1 Å². The average Bonchev–Trinajstić information content (AvgIpc) is 2.31. The van der Waals surface area contributed by atoms with Crippen molar-refractivity contribution in [2.75, 3.05) is 0 Å². The van der Waals surface area contributed by atoms with Gasteiger partial charge in [-0.1, -0.05) is 0 Å². The zero-order valence-electron chi connectivity index (χ0n) is 15.6. The minimum Gasteiger partial charge on any atom is -1.00 e. The third-order valence-electron chi connectivity index (χ3n) is 2.54. The summed E-state index contributed by atoms with van der Waals surface area (Å²) in [6.07, 6.45) is -4.62. The summed E-state index contributed by atoms with van der Waals surface area (Å²) in [6.45, 7) is 0. The second-order valence-corrected chi connectivity index (χ2v) is 6.06. The molecule has 140 valence electrons. The van der Waals surface area contributed by atoms with E-state index in [9.17, 15) is 32.4 Å². The fraction of sp³-hybridized carbons (Fsp3) is 0.500. The first-order chi connectivity index (χ1) is 10.7. The topological polar surface area (TPSA) is 230 Å². The van der Waals surface area contributed by atoms with E-state index in [-0.39, 0.29) is 62.0 Å². The number of esters is 1. The normalized spacial score (nSPS) is 11.9. The Balaban J connectivity index is -0.000000441. The molecule has 26 heavy (non-hydrogen) atoms. The molecule has 0 fully saturated rings. The number of hydrogen-bond donors (Lipinski definition) is 5. The number of carbonyl (C=O) groups is 5. The molecule has 0 aliphatic carbocycles. The summed E-state index contributed by atoms with van der Waals surface area (Å²) in [5.74, 6) is -10.0. The van der Waals surface area contributed by atoms with Gasteiger partial charge in [-0.15, -0.1) is 0 Å². The van der Waals surface area contributed by atoms with E-state index in [1.807, 2.05) is 0 Å². The number of ether oxygens (including phenoxy) is 1. The van der Waals surface area contributed by atoms with E-state index in [1.165, 1.54) is 0 Å². The molecule has 0 bridgehead atoms. The fourth-order valence-corrected chi connectivity index (χ4v) is 2.19. The zero-order chi connectivity index (χ0) is 19.3. The van der Waals surface area contributed by atoms with Gasteiger partial charge in [0.2, 0.25) is 5.60 Å². The molecular weight excluding hydrogens is 406 g/mol. The minimum absolute atomic E-state index is 0. The van der Waals surface area contributed by atoms with Gasteiger partial charge >= 0.3 is 89.0 Å². The Morgan fingerprint density at radius 2 is 1.27 bits per heavy atom. The van der Waals surface area contributed by atoms with Crippen molar-refractivity contribution in [2.45, 2.75) is 30.1 Å². The van der Waals surface area contributed by atoms with Crippen LogP contribution >= 0.6 is 0 Å². The first kappa shape index (κ1) is 30.0. The van der Waals surface area contributed by atoms with E-state index >= 15 is 0 Å². The summed E-state index contributed by atoms with van der Waals surface area (Å²) in [4.78, 5) is 54.9. The number of carboxylic acids is 4. The van der Waals surface area contributed by atoms with Crippen LogP contribution in [-0.2, 0) is 38.8 Å². The Hall–Kier alpha value is -0.740. The SMILES string of the molecule is O=C(O)CC(C(=O)OC(CC(=O)O)(CC(=O)O)C(=O)O)S(=O)(=O)O.[H-].[H-].[Na+].[Na+]. The molecule has 0 saturated carbocycles. The maximum absolute atomic E-state index is 11.7. The van der Waals surface area contributed by atoms with Crippen molar-refractivity contribution in [1.29, 1.82) is 0 Å². The molecule has 0 radical (unpaired) electrons. The van der Waals surface area contributed by atoms with Gasteiger partial charge in [0.25, 0.3) is 10.1 Å². The van der Waals surface area contributed by atoms with Crippen molar-refractivity contribution < 1.29 is 124 Å². The number of rotatable bonds is 10. The van der Waals surface area contributed by atoms with Gasteiger partial charge in [-0.25, -0.2) is 4.79 Å². The Morgan fingerprint density at radius 1 is 0.885 bits per heavy atom. The predicted octanol–water partition coefficient (Wildman–Crippen LogP) is -7.73. The van der Waals surface area contributed by atoms with Crippen LogP contribution in [0.4, 0.5) is 0 Å². The Kier molecular flexibility index (Phi) is 13.7. The average molecular weight is 420 g/mol. The van der Waals surface area contributed by atoms with Crippen molar-refractivity contribution in [3.05, 3.63) is 0 Å². The van der Waals surface area contributed by atoms with E-state index in [1.54, 1.807) is 0 Å². The molecule has 5 N–H and O–H groups in total. The minimum atomic E-state index is -5.36. The maximum Gasteiger partial charge on any atom is 1.00 e. The second-order valence-electron chi connectivity index (χ2n) is 4.46. The molecule has 0 aromatic rings. The molecule has 0 aromatic heterocycles. The van der Waals surface area contributed by atoms with Gasteiger partial charge in [0, 0.05) is 0 Å². The number of carboxylic acid groups (broad SMARTS) is 4. The molecule has 0 aromatic carbocycles. The molecule has 0 heterocycles. The molecule has 1 atom stereocenters. The van der Waals surface area contributed by atoms with Crippen LogP contribution in [0.15, 0.2) is 0 Å². The molecule has 0 spiro atoms. The van der Waals surface area contributed by atoms with Crippen LogP contribution in [0.3, 0.4) is 0 Å². The van der Waals surface area contributed by atoms with Gasteiger partial charge in [-0.3, -0.25) is 23.7 Å². The molecular formula is C10H14Na2O13S. The van der Waals surface area contributed by atoms with Crippen LogP contribution < -0.4 is 59.1 Å². The monoisotopic (exact) mass is 420 g/mol. The molecule has 0 aliphatic rings. The van der Waals surface area contributed by atoms with Crippen LogP contribution in [0.2, 0.25) is 0 Å². The van der Waals surface area contributed by atoms with Gasteiger partial charge in [0.15, 0.2) is 5.25 Å². The van der Waals surface area contributed by atoms with E-state index in [4.69, 9.17) is 25.0 Å². The summed E-state index contributed by atoms with van der Waals surface area (Å²) < 4.78 is 35.1. The maximum atomic E-state index is 11.7. The van der Waals surface area contributed by atoms with Gasteiger partial charge in [-0.2, -0.15) is 8.42 Å². The van der Waals surface area contributed by atoms with Crippen molar-refractivity contribution in [2.24, 2.45) is 0 Å². The van der Waals surface area contributed by atoms with Crippen molar-refractivity contribution in [3.8, 4) is 0 Å². The Labute approximate surface area is 193 Å². The Morgan fingerprint density at radius 3 is 1.50 bits per heavy atom. The predicted molar refractivity (Wildman–Crippen MR) is 70.8 cm³/mol. The molecule has 1 unspecified atom stereocenters. The van der Waals surface area contributed by atoms with Crippen LogP contribution in [-0.4, -0.2) is 74.1 Å². The quantitative estimate of drug-likeness (QED) is 0.126. The van der Waals surface area contributed by atoms with Crippen LogP contribution in [0.5, 0.6) is 0 Å². The molecule has 13 nitrogen and oxygen atoms in total. The fourth-order valence-electron chi connectivity index (χ4n) is 1.55. The molecule has 0 rings (SSSR count). The summed E-state index contributed by atoms with van der Waals surface area (Å²) >= 11 is 0. The van der Waals surface area contributed by atoms with E-state index in [0.717, 1.165) is 0 Å². The number of carbonyl (C=O) groups excluding carboxylic acids is 1. The van der Waals surface area contributed by atoms with E-state index in [2.05, 4.69) is 4.74 Å². The van der Waals surface area contributed by atoms with Gasteiger partial charge < -0.3 is 28.0 Å².